The molecule has 19 heavy (non-hydrogen) atoms. The fourth-order valence-corrected chi connectivity index (χ4v) is 2.14. The molecule has 0 aliphatic carbocycles. The van der Waals surface area contributed by atoms with Gasteiger partial charge in [0, 0.05) is 13.6 Å². The normalized spacial score (nSPS) is 10.8. The van der Waals surface area contributed by atoms with E-state index in [0.29, 0.717) is 0 Å². The Morgan fingerprint density at radius 1 is 1.00 bits per heavy atom. The van der Waals surface area contributed by atoms with Gasteiger partial charge in [0.15, 0.2) is 0 Å². The van der Waals surface area contributed by atoms with Crippen molar-refractivity contribution in [1.29, 1.82) is 0 Å². The van der Waals surface area contributed by atoms with Crippen molar-refractivity contribution in [3.8, 4) is 0 Å². The lowest BCUT2D eigenvalue weighted by Gasteiger charge is -2.19. The lowest BCUT2D eigenvalue weighted by atomic mass is 10.1. The number of aromatic nitrogens is 3. The van der Waals surface area contributed by atoms with Gasteiger partial charge in [0.1, 0.15) is 11.0 Å². The first-order valence-corrected chi connectivity index (χ1v) is 6.40. The molecule has 2 aromatic carbocycles. The summed E-state index contributed by atoms with van der Waals surface area (Å²) >= 11 is 0. The first kappa shape index (κ1) is 11.7. The van der Waals surface area contributed by atoms with Crippen LogP contribution in [-0.4, -0.2) is 28.7 Å². The predicted octanol–water partition coefficient (Wildman–Crippen LogP) is 2.24. The van der Waals surface area contributed by atoms with Gasteiger partial charge in [-0.2, -0.15) is 4.79 Å². The van der Waals surface area contributed by atoms with Crippen molar-refractivity contribution in [3.05, 3.63) is 60.2 Å². The van der Waals surface area contributed by atoms with Crippen LogP contribution in [0.2, 0.25) is 0 Å². The molecule has 1 heterocycles. The summed E-state index contributed by atoms with van der Waals surface area (Å²) in [4.78, 5) is 1.86. The summed E-state index contributed by atoms with van der Waals surface area (Å²) in [7, 11) is 2.03. The largest absolute Gasteiger partial charge is 0.298 e. The van der Waals surface area contributed by atoms with Crippen LogP contribution < -0.4 is 5.01 Å². The van der Waals surface area contributed by atoms with E-state index in [1.54, 1.807) is 0 Å². The monoisotopic (exact) mass is 252 g/mol. The van der Waals surface area contributed by atoms with Crippen LogP contribution in [-0.2, 0) is 6.42 Å². The number of nitrogens with zero attached hydrogens (tertiary/aromatic N) is 4. The van der Waals surface area contributed by atoms with E-state index in [2.05, 4.69) is 39.6 Å². The van der Waals surface area contributed by atoms with Crippen molar-refractivity contribution in [2.24, 2.45) is 0 Å². The number of hydrogen-bond donors (Lipinski definition) is 0. The molecule has 0 aliphatic rings. The third-order valence-corrected chi connectivity index (χ3v) is 3.22. The summed E-state index contributed by atoms with van der Waals surface area (Å²) in [6.07, 6.45) is 0.992. The third-order valence-electron chi connectivity index (χ3n) is 3.22. The molecule has 0 fully saturated rings. The maximum atomic E-state index is 4.20. The summed E-state index contributed by atoms with van der Waals surface area (Å²) in [6.45, 7) is 0.900. The Kier molecular flexibility index (Phi) is 3.14. The number of hydrogen-bond acceptors (Lipinski definition) is 3. The first-order valence-electron chi connectivity index (χ1n) is 6.40. The standard InChI is InChI=1S/C15H16N4/c1-18(12-11-13-7-3-2-4-8-13)19-15-10-6-5-9-14(15)16-17-19/h2-10H,11-12H2,1H3. The molecular formula is C15H16N4. The van der Waals surface area contributed by atoms with Crippen LogP contribution in [0.1, 0.15) is 5.56 Å². The molecule has 4 heteroatoms. The number of rotatable bonds is 4. The summed E-state index contributed by atoms with van der Waals surface area (Å²) < 4.78 is 0. The van der Waals surface area contributed by atoms with E-state index in [-0.39, 0.29) is 0 Å². The Balaban J connectivity index is 1.75. The van der Waals surface area contributed by atoms with Crippen LogP contribution in [0.5, 0.6) is 0 Å². The topological polar surface area (TPSA) is 34.0 Å². The van der Waals surface area contributed by atoms with Gasteiger partial charge in [0.05, 0.1) is 0 Å². The van der Waals surface area contributed by atoms with Gasteiger partial charge in [-0.15, -0.1) is 5.10 Å². The predicted molar refractivity (Wildman–Crippen MR) is 76.7 cm³/mol. The zero-order valence-electron chi connectivity index (χ0n) is 10.9. The summed E-state index contributed by atoms with van der Waals surface area (Å²) in [5.41, 5.74) is 3.30. The zero-order chi connectivity index (χ0) is 13.1. The number of para-hydroxylation sites is 1. The molecule has 0 aliphatic heterocycles. The maximum absolute atomic E-state index is 4.20. The molecule has 3 aromatic rings. The van der Waals surface area contributed by atoms with Crippen molar-refractivity contribution >= 4 is 11.0 Å². The lowest BCUT2D eigenvalue weighted by Crippen LogP contribution is -2.33. The van der Waals surface area contributed by atoms with Crippen LogP contribution in [0.4, 0.5) is 0 Å². The Morgan fingerprint density at radius 3 is 2.58 bits per heavy atom. The molecule has 0 spiro atoms. The van der Waals surface area contributed by atoms with Crippen molar-refractivity contribution in [1.82, 2.24) is 15.1 Å². The molecule has 0 unspecified atom stereocenters. The van der Waals surface area contributed by atoms with E-state index in [0.717, 1.165) is 24.0 Å². The highest BCUT2D eigenvalue weighted by molar-refractivity contribution is 5.74. The van der Waals surface area contributed by atoms with Crippen LogP contribution in [0, 0.1) is 0 Å². The van der Waals surface area contributed by atoms with Crippen molar-refractivity contribution < 1.29 is 0 Å². The molecule has 4 nitrogen and oxygen atoms in total. The number of likely N-dealkylation sites (N-methyl/N-ethyl adjacent to an activating group) is 1. The Labute approximate surface area is 112 Å². The molecule has 0 radical (unpaired) electrons. The van der Waals surface area contributed by atoms with E-state index in [9.17, 15) is 0 Å². The molecule has 0 N–H and O–H groups in total. The highest BCUT2D eigenvalue weighted by Gasteiger charge is 2.07. The minimum Gasteiger partial charge on any atom is -0.298 e. The second-order valence-corrected chi connectivity index (χ2v) is 4.58. The van der Waals surface area contributed by atoms with Gasteiger partial charge in [-0.05, 0) is 29.3 Å². The van der Waals surface area contributed by atoms with Gasteiger partial charge in [-0.3, -0.25) is 5.01 Å². The highest BCUT2D eigenvalue weighted by atomic mass is 15.7. The third kappa shape index (κ3) is 2.42. The molecule has 0 amide bonds. The van der Waals surface area contributed by atoms with Crippen LogP contribution >= 0.6 is 0 Å². The molecule has 0 saturated heterocycles. The SMILES string of the molecule is CN(CCc1ccccc1)n1nnc2ccccc21. The van der Waals surface area contributed by atoms with Crippen LogP contribution in [0.15, 0.2) is 54.6 Å². The van der Waals surface area contributed by atoms with Crippen molar-refractivity contribution in [2.45, 2.75) is 6.42 Å². The Hall–Kier alpha value is -2.36. The van der Waals surface area contributed by atoms with Crippen LogP contribution in [0.25, 0.3) is 11.0 Å². The lowest BCUT2D eigenvalue weighted by molar-refractivity contribution is 0.575. The van der Waals surface area contributed by atoms with Crippen LogP contribution in [0.3, 0.4) is 0 Å². The van der Waals surface area contributed by atoms with E-state index < -0.39 is 0 Å². The zero-order valence-corrected chi connectivity index (χ0v) is 10.9. The van der Waals surface area contributed by atoms with Gasteiger partial charge in [0.2, 0.25) is 0 Å². The van der Waals surface area contributed by atoms with Gasteiger partial charge in [-0.1, -0.05) is 42.5 Å². The van der Waals surface area contributed by atoms with Crippen molar-refractivity contribution in [2.75, 3.05) is 18.6 Å². The second-order valence-electron chi connectivity index (χ2n) is 4.58. The van der Waals surface area contributed by atoms with Gasteiger partial charge < -0.3 is 0 Å². The molecule has 0 saturated carbocycles. The van der Waals surface area contributed by atoms with Gasteiger partial charge in [-0.25, -0.2) is 0 Å². The van der Waals surface area contributed by atoms with Crippen molar-refractivity contribution in [3.63, 3.8) is 0 Å². The quantitative estimate of drug-likeness (QED) is 0.714. The number of benzene rings is 2. The average molecular weight is 252 g/mol. The van der Waals surface area contributed by atoms with E-state index in [1.807, 2.05) is 42.2 Å². The molecule has 0 atom stereocenters. The summed E-state index contributed by atoms with van der Waals surface area (Å²) in [6, 6.07) is 18.5. The number of fused-ring (bicyclic) bond motifs is 1. The maximum Gasteiger partial charge on any atom is 0.115 e. The summed E-state index contributed by atoms with van der Waals surface area (Å²) in [5, 5.41) is 10.5. The fraction of sp³-hybridized carbons (Fsp3) is 0.200. The van der Waals surface area contributed by atoms with E-state index in [1.165, 1.54) is 5.56 Å². The minimum absolute atomic E-state index is 0.900. The average Bonchev–Trinajstić information content (AvgIpc) is 2.90. The molecular weight excluding hydrogens is 236 g/mol. The fourth-order valence-electron chi connectivity index (χ4n) is 2.14. The van der Waals surface area contributed by atoms with Gasteiger partial charge in [0.25, 0.3) is 0 Å². The van der Waals surface area contributed by atoms with E-state index in [4.69, 9.17) is 0 Å². The molecule has 1 aromatic heterocycles. The minimum atomic E-state index is 0.900. The molecule has 96 valence electrons. The Morgan fingerprint density at radius 2 is 1.74 bits per heavy atom. The molecule has 3 rings (SSSR count). The smallest absolute Gasteiger partial charge is 0.115 e. The second kappa shape index (κ2) is 5.10. The highest BCUT2D eigenvalue weighted by Crippen LogP contribution is 2.10. The molecule has 0 bridgehead atoms. The summed E-state index contributed by atoms with van der Waals surface area (Å²) in [5.74, 6) is 0. The first-order chi connectivity index (χ1) is 9.34. The van der Waals surface area contributed by atoms with Gasteiger partial charge >= 0.3 is 0 Å². The Bertz CT molecular complexity index is 660. The van der Waals surface area contributed by atoms with E-state index >= 15 is 0 Å².